The van der Waals surface area contributed by atoms with Gasteiger partial charge in [-0.2, -0.15) is 0 Å². The Bertz CT molecular complexity index is 1050. The number of carboxylic acid groups (broad SMARTS) is 1. The van der Waals surface area contributed by atoms with Crippen LogP contribution in [-0.4, -0.2) is 52.2 Å². The molecule has 31 heavy (non-hydrogen) atoms. The highest BCUT2D eigenvalue weighted by Gasteiger charge is 2.33. The van der Waals surface area contributed by atoms with E-state index in [0.29, 0.717) is 31.2 Å². The molecule has 1 amide bonds. The van der Waals surface area contributed by atoms with E-state index in [1.54, 1.807) is 18.7 Å². The van der Waals surface area contributed by atoms with E-state index in [1.165, 1.54) is 18.0 Å². The number of H-pyrrole nitrogens is 1. The fraction of sp³-hybridized carbons (Fsp3) is 0.450. The number of hydrogen-bond acceptors (Lipinski definition) is 5. The zero-order chi connectivity index (χ0) is 22.9. The number of amides is 1. The maximum Gasteiger partial charge on any atom is 0.407 e. The van der Waals surface area contributed by atoms with Gasteiger partial charge in [0.25, 0.3) is 5.56 Å². The Morgan fingerprint density at radius 3 is 2.81 bits per heavy atom. The minimum Gasteiger partial charge on any atom is -0.465 e. The summed E-state index contributed by atoms with van der Waals surface area (Å²) in [6.45, 7) is 4.14. The van der Waals surface area contributed by atoms with Crippen molar-refractivity contribution in [3.63, 3.8) is 0 Å². The lowest BCUT2D eigenvalue weighted by Gasteiger charge is -2.27. The number of hydrogen-bond donors (Lipinski definition) is 2. The summed E-state index contributed by atoms with van der Waals surface area (Å²) in [5.74, 6) is -1.10. The molecule has 1 aromatic heterocycles. The average molecular weight is 501 g/mol. The first-order chi connectivity index (χ1) is 14.5. The standard InChI is InChI=1S/C20H23BrF2N4O4/c1-20(2,31-10-11-4-5-12(22)8-14(11)23)16-15(21)17(28)25-18(24-16)27-7-6-13(9-27)26(3)19(29)30/h4-5,8,13H,6-7,9-10H2,1-3H3,(H,29,30)(H,24,25,28)/t13-/m1/s1. The second kappa shape index (κ2) is 8.91. The summed E-state index contributed by atoms with van der Waals surface area (Å²) in [6, 6.07) is 3.01. The van der Waals surface area contributed by atoms with Crippen LogP contribution >= 0.6 is 15.9 Å². The van der Waals surface area contributed by atoms with Crippen LogP contribution in [0.2, 0.25) is 0 Å². The number of likely N-dealkylation sites (N-methyl/N-ethyl adjacent to an activating group) is 1. The molecule has 8 nitrogen and oxygen atoms in total. The van der Waals surface area contributed by atoms with E-state index < -0.39 is 28.9 Å². The Morgan fingerprint density at radius 2 is 2.16 bits per heavy atom. The van der Waals surface area contributed by atoms with Gasteiger partial charge in [-0.1, -0.05) is 6.07 Å². The molecule has 0 unspecified atom stereocenters. The van der Waals surface area contributed by atoms with Gasteiger partial charge in [-0.25, -0.2) is 18.6 Å². The fourth-order valence-electron chi connectivity index (χ4n) is 3.37. The summed E-state index contributed by atoms with van der Waals surface area (Å²) in [5, 5.41) is 9.18. The molecule has 0 bridgehead atoms. The van der Waals surface area contributed by atoms with Gasteiger partial charge in [-0.15, -0.1) is 0 Å². The number of nitrogens with one attached hydrogen (secondary N) is 1. The molecule has 2 heterocycles. The van der Waals surface area contributed by atoms with Crippen LogP contribution in [0.4, 0.5) is 19.5 Å². The molecular weight excluding hydrogens is 478 g/mol. The van der Waals surface area contributed by atoms with Gasteiger partial charge in [0.05, 0.1) is 18.3 Å². The van der Waals surface area contributed by atoms with E-state index in [1.807, 2.05) is 0 Å². The van der Waals surface area contributed by atoms with Crippen LogP contribution < -0.4 is 10.5 Å². The second-order valence-corrected chi connectivity index (χ2v) is 8.66. The third kappa shape index (κ3) is 5.04. The van der Waals surface area contributed by atoms with E-state index in [-0.39, 0.29) is 22.7 Å². The zero-order valence-corrected chi connectivity index (χ0v) is 18.9. The normalized spacial score (nSPS) is 16.6. The molecule has 1 aromatic carbocycles. The first-order valence-corrected chi connectivity index (χ1v) is 10.4. The number of nitrogens with zero attached hydrogens (tertiary/aromatic N) is 3. The topological polar surface area (TPSA) is 98.8 Å². The summed E-state index contributed by atoms with van der Waals surface area (Å²) in [6.07, 6.45) is -0.422. The first-order valence-electron chi connectivity index (χ1n) is 9.58. The molecule has 2 aromatic rings. The third-order valence-corrected chi connectivity index (χ3v) is 6.07. The van der Waals surface area contributed by atoms with Gasteiger partial charge in [0.1, 0.15) is 21.7 Å². The van der Waals surface area contributed by atoms with E-state index in [9.17, 15) is 23.5 Å². The van der Waals surface area contributed by atoms with Crippen molar-refractivity contribution in [1.29, 1.82) is 0 Å². The quantitative estimate of drug-likeness (QED) is 0.630. The van der Waals surface area contributed by atoms with Gasteiger partial charge < -0.3 is 19.6 Å². The van der Waals surface area contributed by atoms with Crippen LogP contribution in [0.15, 0.2) is 27.5 Å². The smallest absolute Gasteiger partial charge is 0.407 e. The Morgan fingerprint density at radius 1 is 1.45 bits per heavy atom. The van der Waals surface area contributed by atoms with E-state index in [2.05, 4.69) is 25.9 Å². The summed E-state index contributed by atoms with van der Waals surface area (Å²) in [5.41, 5.74) is -1.02. The van der Waals surface area contributed by atoms with Crippen molar-refractivity contribution in [3.05, 3.63) is 55.9 Å². The van der Waals surface area contributed by atoms with Gasteiger partial charge in [-0.05, 0) is 42.3 Å². The predicted molar refractivity (Wildman–Crippen MR) is 113 cm³/mol. The minimum absolute atomic E-state index is 0.148. The van der Waals surface area contributed by atoms with Crippen molar-refractivity contribution in [3.8, 4) is 0 Å². The van der Waals surface area contributed by atoms with Gasteiger partial charge >= 0.3 is 6.09 Å². The van der Waals surface area contributed by atoms with E-state index >= 15 is 0 Å². The molecule has 2 N–H and O–H groups in total. The summed E-state index contributed by atoms with van der Waals surface area (Å²) in [7, 11) is 1.51. The highest BCUT2D eigenvalue weighted by molar-refractivity contribution is 9.10. The number of anilines is 1. The monoisotopic (exact) mass is 500 g/mol. The highest BCUT2D eigenvalue weighted by Crippen LogP contribution is 2.31. The van der Waals surface area contributed by atoms with Crippen molar-refractivity contribution in [2.45, 2.75) is 38.5 Å². The lowest BCUT2D eigenvalue weighted by Crippen LogP contribution is -2.38. The van der Waals surface area contributed by atoms with Gasteiger partial charge in [0, 0.05) is 31.8 Å². The summed E-state index contributed by atoms with van der Waals surface area (Å²) < 4.78 is 33.1. The molecule has 1 atom stereocenters. The number of rotatable bonds is 6. The molecule has 0 radical (unpaired) electrons. The van der Waals surface area contributed by atoms with Gasteiger partial charge in [0.15, 0.2) is 0 Å². The molecule has 0 saturated carbocycles. The van der Waals surface area contributed by atoms with Crippen LogP contribution in [0.1, 0.15) is 31.5 Å². The molecule has 1 aliphatic heterocycles. The molecule has 0 spiro atoms. The Labute approximate surface area is 186 Å². The van der Waals surface area contributed by atoms with E-state index in [0.717, 1.165) is 12.1 Å². The fourth-order valence-corrected chi connectivity index (χ4v) is 4.03. The maximum absolute atomic E-state index is 13.9. The molecule has 11 heteroatoms. The van der Waals surface area contributed by atoms with Crippen molar-refractivity contribution in [1.82, 2.24) is 14.9 Å². The van der Waals surface area contributed by atoms with Crippen LogP contribution in [0.25, 0.3) is 0 Å². The maximum atomic E-state index is 13.9. The Kier molecular flexibility index (Phi) is 6.65. The van der Waals surface area contributed by atoms with Crippen molar-refractivity contribution in [2.75, 3.05) is 25.0 Å². The van der Waals surface area contributed by atoms with Crippen LogP contribution in [0.3, 0.4) is 0 Å². The largest absolute Gasteiger partial charge is 0.465 e. The number of halogens is 3. The molecule has 1 fully saturated rings. The average Bonchev–Trinajstić information content (AvgIpc) is 3.18. The van der Waals surface area contributed by atoms with Gasteiger partial charge in [-0.3, -0.25) is 9.78 Å². The van der Waals surface area contributed by atoms with Crippen LogP contribution in [0, 0.1) is 11.6 Å². The lowest BCUT2D eigenvalue weighted by atomic mass is 10.0. The zero-order valence-electron chi connectivity index (χ0n) is 17.3. The summed E-state index contributed by atoms with van der Waals surface area (Å²) >= 11 is 3.25. The minimum atomic E-state index is -1.08. The molecule has 168 valence electrons. The number of ether oxygens (including phenoxy) is 1. The van der Waals surface area contributed by atoms with Crippen molar-refractivity contribution < 1.29 is 23.4 Å². The number of carbonyl (C=O) groups is 1. The number of aromatic nitrogens is 2. The molecule has 3 rings (SSSR count). The highest BCUT2D eigenvalue weighted by atomic mass is 79.9. The Balaban J connectivity index is 1.83. The lowest BCUT2D eigenvalue weighted by molar-refractivity contribution is -0.0384. The van der Waals surface area contributed by atoms with E-state index in [4.69, 9.17) is 4.74 Å². The predicted octanol–water partition coefficient (Wildman–Crippen LogP) is 3.45. The second-order valence-electron chi connectivity index (χ2n) is 7.87. The molecule has 1 saturated heterocycles. The third-order valence-electron chi connectivity index (χ3n) is 5.34. The first kappa shape index (κ1) is 23.1. The SMILES string of the molecule is CN(C(=O)O)[C@@H]1CCN(c2nc(C(C)(C)OCc3ccc(F)cc3F)c(Br)c(=O)[nH]2)C1. The summed E-state index contributed by atoms with van der Waals surface area (Å²) in [4.78, 5) is 34.0. The number of benzene rings is 1. The van der Waals surface area contributed by atoms with Crippen molar-refractivity contribution in [2.24, 2.45) is 0 Å². The molecule has 0 aliphatic carbocycles. The van der Waals surface area contributed by atoms with Crippen molar-refractivity contribution >= 4 is 28.0 Å². The molecular formula is C20H23BrF2N4O4. The van der Waals surface area contributed by atoms with Crippen LogP contribution in [0.5, 0.6) is 0 Å². The molecule has 1 aliphatic rings. The van der Waals surface area contributed by atoms with Crippen LogP contribution in [-0.2, 0) is 16.9 Å². The Hall–Kier alpha value is -2.53. The van der Waals surface area contributed by atoms with Gasteiger partial charge in [0.2, 0.25) is 5.95 Å². The number of aromatic amines is 1.